The van der Waals surface area contributed by atoms with Gasteiger partial charge in [-0.2, -0.15) is 0 Å². The zero-order chi connectivity index (χ0) is 14.7. The number of methoxy groups -OCH3 is 1. The average molecular weight is 330 g/mol. The van der Waals surface area contributed by atoms with E-state index < -0.39 is 5.97 Å². The predicted molar refractivity (Wildman–Crippen MR) is 84.2 cm³/mol. The molecule has 1 unspecified atom stereocenters. The van der Waals surface area contributed by atoms with Crippen LogP contribution in [0.5, 0.6) is 0 Å². The second kappa shape index (κ2) is 6.48. The van der Waals surface area contributed by atoms with Gasteiger partial charge in [0.25, 0.3) is 0 Å². The molecular formula is C14H13Cl2NO2S. The van der Waals surface area contributed by atoms with Crippen LogP contribution in [0.1, 0.15) is 28.2 Å². The van der Waals surface area contributed by atoms with Gasteiger partial charge in [-0.05, 0) is 37.3 Å². The highest BCUT2D eigenvalue weighted by Crippen LogP contribution is 2.30. The third-order valence-electron chi connectivity index (χ3n) is 2.78. The zero-order valence-electron chi connectivity index (χ0n) is 10.9. The highest BCUT2D eigenvalue weighted by Gasteiger charge is 2.13. The lowest BCUT2D eigenvalue weighted by atomic mass is 10.2. The van der Waals surface area contributed by atoms with Crippen LogP contribution >= 0.6 is 34.5 Å². The number of halogens is 2. The van der Waals surface area contributed by atoms with E-state index in [9.17, 15) is 4.79 Å². The molecule has 0 aliphatic rings. The molecular weight excluding hydrogens is 317 g/mol. The van der Waals surface area contributed by atoms with Crippen molar-refractivity contribution in [3.63, 3.8) is 0 Å². The van der Waals surface area contributed by atoms with Gasteiger partial charge < -0.3 is 10.1 Å². The normalized spacial score (nSPS) is 12.0. The number of esters is 1. The van der Waals surface area contributed by atoms with Crippen molar-refractivity contribution in [1.29, 1.82) is 0 Å². The molecule has 0 aliphatic carbocycles. The first kappa shape index (κ1) is 15.2. The Morgan fingerprint density at radius 3 is 2.65 bits per heavy atom. The molecule has 1 aromatic heterocycles. The molecule has 0 saturated heterocycles. The molecule has 3 nitrogen and oxygen atoms in total. The molecule has 0 spiro atoms. The average Bonchev–Trinajstić information content (AvgIpc) is 2.87. The number of carbonyl (C=O) groups is 1. The molecule has 106 valence electrons. The first-order valence-corrected chi connectivity index (χ1v) is 7.48. The van der Waals surface area contributed by atoms with Crippen LogP contribution in [0.4, 0.5) is 5.69 Å². The van der Waals surface area contributed by atoms with Gasteiger partial charge in [-0.1, -0.05) is 23.2 Å². The van der Waals surface area contributed by atoms with E-state index in [1.54, 1.807) is 12.1 Å². The molecule has 20 heavy (non-hydrogen) atoms. The topological polar surface area (TPSA) is 38.3 Å². The maximum Gasteiger partial charge on any atom is 0.339 e. The summed E-state index contributed by atoms with van der Waals surface area (Å²) in [4.78, 5) is 12.7. The molecule has 1 heterocycles. The zero-order valence-corrected chi connectivity index (χ0v) is 13.3. The van der Waals surface area contributed by atoms with Crippen molar-refractivity contribution < 1.29 is 9.53 Å². The van der Waals surface area contributed by atoms with E-state index in [1.165, 1.54) is 18.4 Å². The summed E-state index contributed by atoms with van der Waals surface area (Å²) in [5, 5.41) is 3.67. The lowest BCUT2D eigenvalue weighted by Gasteiger charge is -2.14. The molecule has 0 bridgehead atoms. The van der Waals surface area contributed by atoms with Crippen LogP contribution in [-0.2, 0) is 4.74 Å². The highest BCUT2D eigenvalue weighted by molar-refractivity contribution is 7.16. The minimum Gasteiger partial charge on any atom is -0.465 e. The van der Waals surface area contributed by atoms with Crippen molar-refractivity contribution in [2.45, 2.75) is 13.0 Å². The van der Waals surface area contributed by atoms with Gasteiger partial charge in [-0.25, -0.2) is 4.79 Å². The summed E-state index contributed by atoms with van der Waals surface area (Å²) in [5.41, 5.74) is 1.14. The minimum absolute atomic E-state index is 0.0826. The van der Waals surface area contributed by atoms with Crippen LogP contribution in [0.15, 0.2) is 30.3 Å². The Balaban J connectivity index is 2.19. The maximum atomic E-state index is 11.6. The van der Waals surface area contributed by atoms with Gasteiger partial charge in [0.2, 0.25) is 0 Å². The van der Waals surface area contributed by atoms with Crippen LogP contribution in [0, 0.1) is 0 Å². The SMILES string of the molecule is COC(=O)c1cc(NC(C)c2ccc(Cl)s2)ccc1Cl. The second-order valence-electron chi connectivity index (χ2n) is 4.19. The number of anilines is 1. The first-order chi connectivity index (χ1) is 9.51. The fourth-order valence-corrected chi connectivity index (χ4v) is 3.02. The van der Waals surface area contributed by atoms with Crippen molar-refractivity contribution in [1.82, 2.24) is 0 Å². The summed E-state index contributed by atoms with van der Waals surface area (Å²) in [6.07, 6.45) is 0. The maximum absolute atomic E-state index is 11.6. The van der Waals surface area contributed by atoms with Crippen LogP contribution in [0.25, 0.3) is 0 Å². The third kappa shape index (κ3) is 3.45. The quantitative estimate of drug-likeness (QED) is 0.801. The summed E-state index contributed by atoms with van der Waals surface area (Å²) >= 11 is 13.4. The number of rotatable bonds is 4. The van der Waals surface area contributed by atoms with Gasteiger partial charge in [0.1, 0.15) is 0 Å². The monoisotopic (exact) mass is 329 g/mol. The molecule has 0 aliphatic heterocycles. The van der Waals surface area contributed by atoms with E-state index in [2.05, 4.69) is 5.32 Å². The molecule has 0 radical (unpaired) electrons. The molecule has 1 aromatic carbocycles. The van der Waals surface area contributed by atoms with E-state index in [1.807, 2.05) is 25.1 Å². The Morgan fingerprint density at radius 2 is 2.05 bits per heavy atom. The number of thiophene rings is 1. The third-order valence-corrected chi connectivity index (χ3v) is 4.52. The molecule has 1 atom stereocenters. The summed E-state index contributed by atoms with van der Waals surface area (Å²) in [7, 11) is 1.33. The van der Waals surface area contributed by atoms with Crippen molar-refractivity contribution >= 4 is 46.2 Å². The number of hydrogen-bond donors (Lipinski definition) is 1. The molecule has 0 amide bonds. The van der Waals surface area contributed by atoms with Crippen molar-refractivity contribution in [3.05, 3.63) is 50.1 Å². The fourth-order valence-electron chi connectivity index (χ4n) is 1.76. The molecule has 6 heteroatoms. The smallest absolute Gasteiger partial charge is 0.339 e. The molecule has 1 N–H and O–H groups in total. The molecule has 2 aromatic rings. The van der Waals surface area contributed by atoms with Crippen LogP contribution in [0.2, 0.25) is 9.36 Å². The highest BCUT2D eigenvalue weighted by atomic mass is 35.5. The van der Waals surface area contributed by atoms with Crippen molar-refractivity contribution in [2.24, 2.45) is 0 Å². The van der Waals surface area contributed by atoms with Gasteiger partial charge in [-0.3, -0.25) is 0 Å². The van der Waals surface area contributed by atoms with Gasteiger partial charge in [0.15, 0.2) is 0 Å². The van der Waals surface area contributed by atoms with Gasteiger partial charge in [-0.15, -0.1) is 11.3 Å². The second-order valence-corrected chi connectivity index (χ2v) is 6.35. The van der Waals surface area contributed by atoms with Gasteiger partial charge in [0.05, 0.1) is 28.1 Å². The summed E-state index contributed by atoms with van der Waals surface area (Å²) in [6.45, 7) is 2.02. The van der Waals surface area contributed by atoms with Gasteiger partial charge >= 0.3 is 5.97 Å². The Bertz CT molecular complexity index is 627. The van der Waals surface area contributed by atoms with E-state index in [0.717, 1.165) is 14.9 Å². The van der Waals surface area contributed by atoms with Gasteiger partial charge in [0, 0.05) is 10.6 Å². The number of carbonyl (C=O) groups excluding carboxylic acids is 1. The number of benzene rings is 1. The van der Waals surface area contributed by atoms with E-state index >= 15 is 0 Å². The Kier molecular flexibility index (Phi) is 4.91. The van der Waals surface area contributed by atoms with E-state index in [0.29, 0.717) is 10.6 Å². The standard InChI is InChI=1S/C14H13Cl2NO2S/c1-8(12-5-6-13(16)20-12)17-9-3-4-11(15)10(7-9)14(18)19-2/h3-8,17H,1-2H3. The summed E-state index contributed by atoms with van der Waals surface area (Å²) in [6, 6.07) is 9.09. The molecule has 0 fully saturated rings. The minimum atomic E-state index is -0.453. The number of nitrogens with one attached hydrogen (secondary N) is 1. The predicted octanol–water partition coefficient (Wildman–Crippen LogP) is 5.01. The molecule has 0 saturated carbocycles. The van der Waals surface area contributed by atoms with Crippen molar-refractivity contribution in [2.75, 3.05) is 12.4 Å². The first-order valence-electron chi connectivity index (χ1n) is 5.91. The summed E-state index contributed by atoms with van der Waals surface area (Å²) < 4.78 is 5.45. The largest absolute Gasteiger partial charge is 0.465 e. The Labute approximate surface area is 131 Å². The van der Waals surface area contributed by atoms with Crippen molar-refractivity contribution in [3.8, 4) is 0 Å². The van der Waals surface area contributed by atoms with E-state index in [4.69, 9.17) is 27.9 Å². The Hall–Kier alpha value is -1.23. The number of ether oxygens (including phenoxy) is 1. The lowest BCUT2D eigenvalue weighted by molar-refractivity contribution is 0.0601. The summed E-state index contributed by atoms with van der Waals surface area (Å²) in [5.74, 6) is -0.453. The fraction of sp³-hybridized carbons (Fsp3) is 0.214. The lowest BCUT2D eigenvalue weighted by Crippen LogP contribution is -2.07. The Morgan fingerprint density at radius 1 is 1.30 bits per heavy atom. The van der Waals surface area contributed by atoms with E-state index in [-0.39, 0.29) is 6.04 Å². The van der Waals surface area contributed by atoms with Crippen LogP contribution in [0.3, 0.4) is 0 Å². The number of hydrogen-bond acceptors (Lipinski definition) is 4. The molecule has 2 rings (SSSR count). The van der Waals surface area contributed by atoms with Crippen LogP contribution < -0.4 is 5.32 Å². The van der Waals surface area contributed by atoms with Crippen LogP contribution in [-0.4, -0.2) is 13.1 Å².